The van der Waals surface area contributed by atoms with Gasteiger partial charge in [0.25, 0.3) is 0 Å². The largest absolute Gasteiger partial charge is 0.443 e. The highest BCUT2D eigenvalue weighted by molar-refractivity contribution is 6.10. The third kappa shape index (κ3) is 6.54. The molecule has 0 unspecified atom stereocenters. The van der Waals surface area contributed by atoms with Crippen molar-refractivity contribution in [2.24, 2.45) is 0 Å². The van der Waals surface area contributed by atoms with Crippen molar-refractivity contribution in [3.05, 3.63) is 60.9 Å². The van der Waals surface area contributed by atoms with Gasteiger partial charge in [-0.05, 0) is 90.1 Å². The molecule has 0 aliphatic rings. The van der Waals surface area contributed by atoms with Crippen molar-refractivity contribution in [3.8, 4) is 0 Å². The van der Waals surface area contributed by atoms with Crippen LogP contribution in [0.1, 0.15) is 41.5 Å². The average molecular weight is 465 g/mol. The Balaban J connectivity index is 0.000000266. The number of nitrogens with one attached hydrogen (secondary N) is 2. The summed E-state index contributed by atoms with van der Waals surface area (Å²) in [6.45, 7) is 10.5. The van der Waals surface area contributed by atoms with Crippen LogP contribution in [-0.2, 0) is 9.47 Å². The predicted molar refractivity (Wildman–Crippen MR) is 136 cm³/mol. The summed E-state index contributed by atoms with van der Waals surface area (Å²) in [6, 6.07) is 14.9. The van der Waals surface area contributed by atoms with E-state index in [0.29, 0.717) is 5.69 Å². The van der Waals surface area contributed by atoms with Crippen molar-refractivity contribution < 1.29 is 19.1 Å². The summed E-state index contributed by atoms with van der Waals surface area (Å²) in [4.78, 5) is 32.2. The molecule has 0 fully saturated rings. The molecule has 8 heteroatoms. The predicted octanol–water partition coefficient (Wildman–Crippen LogP) is 6.59. The van der Waals surface area contributed by atoms with Gasteiger partial charge in [-0.2, -0.15) is 4.90 Å². The van der Waals surface area contributed by atoms with Crippen LogP contribution in [0, 0.1) is 0 Å². The molecule has 4 N–H and O–H groups in total. The molecule has 2 aromatic heterocycles. The lowest BCUT2D eigenvalue weighted by Crippen LogP contribution is -2.43. The van der Waals surface area contributed by atoms with Crippen LogP contribution in [-0.4, -0.2) is 33.4 Å². The monoisotopic (exact) mass is 464 g/mol. The average Bonchev–Trinajstić information content (AvgIpc) is 3.33. The molecule has 4 aromatic rings. The molecule has 4 rings (SSSR count). The van der Waals surface area contributed by atoms with E-state index < -0.39 is 23.4 Å². The summed E-state index contributed by atoms with van der Waals surface area (Å²) in [5.41, 5.74) is 7.36. The molecule has 0 aliphatic heterocycles. The first kappa shape index (κ1) is 24.7. The smallest absolute Gasteiger partial charge is 0.424 e. The molecule has 0 radical (unpaired) electrons. The fourth-order valence-electron chi connectivity index (χ4n) is 3.15. The maximum absolute atomic E-state index is 12.6. The fourth-order valence-corrected chi connectivity index (χ4v) is 3.15. The van der Waals surface area contributed by atoms with Crippen LogP contribution in [0.3, 0.4) is 0 Å². The number of carbonyl (C=O) groups is 2. The second-order valence-electron chi connectivity index (χ2n) is 9.87. The maximum Gasteiger partial charge on any atom is 0.424 e. The standard InChI is InChI=1S/C18H24N2O4.C8H8N2/c1-17(2,3)23-15(21)20(16(22)24-18(4,5)6)13-7-8-14-12(11-13)9-10-19-14;9-7-1-2-8-6(5-7)3-4-10-8/h7-11,19H,1-6H3;1-5,10H,9H2. The summed E-state index contributed by atoms with van der Waals surface area (Å²) in [5.74, 6) is 0. The first-order chi connectivity index (χ1) is 15.8. The second kappa shape index (κ2) is 9.51. The number of fused-ring (bicyclic) bond motifs is 2. The van der Waals surface area contributed by atoms with E-state index >= 15 is 0 Å². The minimum atomic E-state index is -0.772. The van der Waals surface area contributed by atoms with Gasteiger partial charge >= 0.3 is 12.2 Å². The molecule has 0 saturated heterocycles. The number of aromatic amines is 2. The van der Waals surface area contributed by atoms with E-state index in [1.807, 2.05) is 36.5 Å². The number of benzene rings is 2. The number of ether oxygens (including phenoxy) is 2. The summed E-state index contributed by atoms with van der Waals surface area (Å²) >= 11 is 0. The summed E-state index contributed by atoms with van der Waals surface area (Å²) < 4.78 is 10.7. The van der Waals surface area contributed by atoms with Crippen LogP contribution >= 0.6 is 0 Å². The highest BCUT2D eigenvalue weighted by Crippen LogP contribution is 2.25. The minimum absolute atomic E-state index is 0.394. The lowest BCUT2D eigenvalue weighted by molar-refractivity contribution is 0.0431. The molecule has 8 nitrogen and oxygen atoms in total. The molecular formula is C26H32N4O4. The molecule has 34 heavy (non-hydrogen) atoms. The Labute approximate surface area is 199 Å². The third-order valence-electron chi connectivity index (χ3n) is 4.52. The van der Waals surface area contributed by atoms with Crippen molar-refractivity contribution in [3.63, 3.8) is 0 Å². The lowest BCUT2D eigenvalue weighted by Gasteiger charge is -2.28. The van der Waals surface area contributed by atoms with Crippen LogP contribution in [0.4, 0.5) is 21.0 Å². The number of aromatic nitrogens is 2. The number of hydrogen-bond acceptors (Lipinski definition) is 5. The van der Waals surface area contributed by atoms with Gasteiger partial charge in [0.05, 0.1) is 5.69 Å². The Morgan fingerprint density at radius 1 is 0.735 bits per heavy atom. The molecule has 0 aliphatic carbocycles. The molecule has 0 saturated carbocycles. The van der Waals surface area contributed by atoms with Crippen LogP contribution in [0.25, 0.3) is 21.8 Å². The number of amides is 2. The van der Waals surface area contributed by atoms with Gasteiger partial charge in [-0.25, -0.2) is 9.59 Å². The number of carbonyl (C=O) groups excluding carboxylic acids is 2. The SMILES string of the molecule is CC(C)(C)OC(=O)N(C(=O)OC(C)(C)C)c1ccc2[nH]ccc2c1.Nc1ccc2[nH]ccc2c1. The Morgan fingerprint density at radius 3 is 1.71 bits per heavy atom. The quantitative estimate of drug-likeness (QED) is 0.275. The number of anilines is 2. The van der Waals surface area contributed by atoms with Crippen molar-refractivity contribution in [1.82, 2.24) is 9.97 Å². The van der Waals surface area contributed by atoms with E-state index in [-0.39, 0.29) is 0 Å². The van der Waals surface area contributed by atoms with Gasteiger partial charge in [0.1, 0.15) is 11.2 Å². The Morgan fingerprint density at radius 2 is 1.21 bits per heavy atom. The molecule has 0 spiro atoms. The lowest BCUT2D eigenvalue weighted by atomic mass is 10.2. The highest BCUT2D eigenvalue weighted by Gasteiger charge is 2.32. The topological polar surface area (TPSA) is 113 Å². The summed E-state index contributed by atoms with van der Waals surface area (Å²) in [5, 5.41) is 2.05. The molecule has 0 bridgehead atoms. The van der Waals surface area contributed by atoms with E-state index in [4.69, 9.17) is 15.2 Å². The summed E-state index contributed by atoms with van der Waals surface area (Å²) in [6.07, 6.45) is 2.15. The van der Waals surface area contributed by atoms with Crippen LogP contribution in [0.5, 0.6) is 0 Å². The molecule has 0 atom stereocenters. The van der Waals surface area contributed by atoms with Gasteiger partial charge in [0.15, 0.2) is 0 Å². The normalized spacial score (nSPS) is 11.6. The van der Waals surface area contributed by atoms with Gasteiger partial charge in [-0.3, -0.25) is 0 Å². The van der Waals surface area contributed by atoms with Crippen LogP contribution in [0.15, 0.2) is 60.9 Å². The van der Waals surface area contributed by atoms with Crippen LogP contribution < -0.4 is 10.6 Å². The first-order valence-corrected chi connectivity index (χ1v) is 11.0. The highest BCUT2D eigenvalue weighted by atomic mass is 16.6. The first-order valence-electron chi connectivity index (χ1n) is 11.0. The number of H-pyrrole nitrogens is 2. The number of rotatable bonds is 1. The van der Waals surface area contributed by atoms with Gasteiger partial charge in [-0.1, -0.05) is 0 Å². The molecule has 2 amide bonds. The van der Waals surface area contributed by atoms with Crippen molar-refractivity contribution >= 4 is 45.4 Å². The fraction of sp³-hybridized carbons (Fsp3) is 0.308. The Kier molecular flexibility index (Phi) is 6.91. The van der Waals surface area contributed by atoms with Crippen molar-refractivity contribution in [2.75, 3.05) is 10.6 Å². The second-order valence-corrected chi connectivity index (χ2v) is 9.87. The molecule has 2 aromatic carbocycles. The van der Waals surface area contributed by atoms with E-state index in [1.165, 1.54) is 5.39 Å². The molecule has 2 heterocycles. The third-order valence-corrected chi connectivity index (χ3v) is 4.52. The number of nitrogens with two attached hydrogens (primary N) is 1. The zero-order valence-corrected chi connectivity index (χ0v) is 20.4. The van der Waals surface area contributed by atoms with Gasteiger partial charge in [0, 0.05) is 39.9 Å². The van der Waals surface area contributed by atoms with E-state index in [0.717, 1.165) is 27.0 Å². The van der Waals surface area contributed by atoms with Crippen molar-refractivity contribution in [1.29, 1.82) is 0 Å². The van der Waals surface area contributed by atoms with Gasteiger partial charge in [0.2, 0.25) is 0 Å². The number of nitrogen functional groups attached to an aromatic ring is 1. The summed E-state index contributed by atoms with van der Waals surface area (Å²) in [7, 11) is 0. The molecule has 180 valence electrons. The van der Waals surface area contributed by atoms with Gasteiger partial charge < -0.3 is 25.2 Å². The van der Waals surface area contributed by atoms with Gasteiger partial charge in [-0.15, -0.1) is 0 Å². The van der Waals surface area contributed by atoms with E-state index in [1.54, 1.807) is 65.9 Å². The zero-order chi connectivity index (χ0) is 25.1. The number of hydrogen-bond donors (Lipinski definition) is 3. The Bertz CT molecular complexity index is 1260. The Hall–Kier alpha value is -3.94. The minimum Gasteiger partial charge on any atom is -0.443 e. The van der Waals surface area contributed by atoms with E-state index in [9.17, 15) is 9.59 Å². The van der Waals surface area contributed by atoms with E-state index in [2.05, 4.69) is 9.97 Å². The maximum atomic E-state index is 12.6. The molecular weight excluding hydrogens is 432 g/mol. The van der Waals surface area contributed by atoms with Crippen LogP contribution in [0.2, 0.25) is 0 Å². The number of imide groups is 1. The number of nitrogens with zero attached hydrogens (tertiary/aromatic N) is 1. The zero-order valence-electron chi connectivity index (χ0n) is 20.4. The van der Waals surface area contributed by atoms with Crippen molar-refractivity contribution in [2.45, 2.75) is 52.7 Å².